The Bertz CT molecular complexity index is 1230. The highest BCUT2D eigenvalue weighted by molar-refractivity contribution is 5.94. The van der Waals surface area contributed by atoms with Crippen LogP contribution in [0.4, 0.5) is 5.69 Å². The van der Waals surface area contributed by atoms with Gasteiger partial charge in [-0.25, -0.2) is 9.78 Å². The Labute approximate surface area is 147 Å². The van der Waals surface area contributed by atoms with Crippen LogP contribution in [0.25, 0.3) is 22.0 Å². The fourth-order valence-corrected chi connectivity index (χ4v) is 3.05. The first-order valence-electron chi connectivity index (χ1n) is 8.47. The van der Waals surface area contributed by atoms with E-state index < -0.39 is 5.63 Å². The van der Waals surface area contributed by atoms with Gasteiger partial charge in [-0.15, -0.1) is 0 Å². The third-order valence-corrected chi connectivity index (χ3v) is 4.61. The summed E-state index contributed by atoms with van der Waals surface area (Å²) in [6.07, 6.45) is 3.71. The number of imidazole rings is 1. The Morgan fingerprint density at radius 3 is 2.92 bits per heavy atom. The first-order chi connectivity index (χ1) is 12.7. The van der Waals surface area contributed by atoms with Crippen molar-refractivity contribution in [1.29, 1.82) is 0 Å². The Kier molecular flexibility index (Phi) is 3.18. The molecule has 2 aromatic carbocycles. The Morgan fingerprint density at radius 2 is 2.08 bits per heavy atom. The zero-order chi connectivity index (χ0) is 17.7. The van der Waals surface area contributed by atoms with Gasteiger partial charge in [-0.05, 0) is 43.2 Å². The smallest absolute Gasteiger partial charge is 0.348 e. The zero-order valence-corrected chi connectivity index (χ0v) is 13.8. The number of para-hydroxylation sites is 1. The van der Waals surface area contributed by atoms with Gasteiger partial charge < -0.3 is 14.5 Å². The molecule has 0 radical (unpaired) electrons. The fourth-order valence-electron chi connectivity index (χ4n) is 3.05. The van der Waals surface area contributed by atoms with Gasteiger partial charge in [-0.2, -0.15) is 0 Å². The summed E-state index contributed by atoms with van der Waals surface area (Å²) < 4.78 is 5.25. The van der Waals surface area contributed by atoms with Crippen LogP contribution < -0.4 is 5.63 Å². The number of aromatic nitrogens is 2. The van der Waals surface area contributed by atoms with Gasteiger partial charge in [0.1, 0.15) is 22.7 Å². The molecule has 1 aliphatic rings. The van der Waals surface area contributed by atoms with Crippen molar-refractivity contribution in [3.8, 4) is 5.75 Å². The number of hydrogen-bond acceptors (Lipinski definition) is 5. The quantitative estimate of drug-likeness (QED) is 0.433. The van der Waals surface area contributed by atoms with Crippen LogP contribution in [0, 0.1) is 0 Å². The van der Waals surface area contributed by atoms with Crippen LogP contribution in [-0.4, -0.2) is 21.3 Å². The molecule has 6 nitrogen and oxygen atoms in total. The zero-order valence-electron chi connectivity index (χ0n) is 13.8. The highest BCUT2D eigenvalue weighted by Gasteiger charge is 2.26. The van der Waals surface area contributed by atoms with Crippen molar-refractivity contribution in [3.05, 3.63) is 64.3 Å². The Morgan fingerprint density at radius 1 is 1.23 bits per heavy atom. The molecule has 0 saturated heterocycles. The van der Waals surface area contributed by atoms with Crippen molar-refractivity contribution in [1.82, 2.24) is 9.97 Å². The number of hydrogen-bond donors (Lipinski definition) is 2. The van der Waals surface area contributed by atoms with Crippen molar-refractivity contribution >= 4 is 33.9 Å². The lowest BCUT2D eigenvalue weighted by Crippen LogP contribution is -2.06. The predicted octanol–water partition coefficient (Wildman–Crippen LogP) is 4.00. The molecule has 0 aliphatic heterocycles. The normalized spacial score (nSPS) is 14.6. The molecule has 0 bridgehead atoms. The number of aromatic hydroxyl groups is 1. The van der Waals surface area contributed by atoms with Gasteiger partial charge in [0.15, 0.2) is 0 Å². The van der Waals surface area contributed by atoms with E-state index in [0.29, 0.717) is 22.6 Å². The topological polar surface area (TPSA) is 91.5 Å². The largest absolute Gasteiger partial charge is 0.506 e. The molecule has 0 atom stereocenters. The van der Waals surface area contributed by atoms with E-state index in [1.54, 1.807) is 24.3 Å². The predicted molar refractivity (Wildman–Crippen MR) is 99.5 cm³/mol. The molecule has 2 N–H and O–H groups in total. The summed E-state index contributed by atoms with van der Waals surface area (Å²) in [6, 6.07) is 12.5. The fraction of sp³-hybridized carbons (Fsp3) is 0.150. The van der Waals surface area contributed by atoms with E-state index in [9.17, 15) is 9.90 Å². The maximum absolute atomic E-state index is 12.1. The number of aliphatic imine (C=N–C) groups is 1. The monoisotopic (exact) mass is 345 g/mol. The molecule has 1 saturated carbocycles. The third-order valence-electron chi connectivity index (χ3n) is 4.61. The molecule has 6 heteroatoms. The van der Waals surface area contributed by atoms with Gasteiger partial charge in [-0.3, -0.25) is 4.99 Å². The minimum absolute atomic E-state index is 0.0343. The van der Waals surface area contributed by atoms with E-state index in [1.807, 2.05) is 18.2 Å². The first kappa shape index (κ1) is 14.9. The summed E-state index contributed by atoms with van der Waals surface area (Å²) in [7, 11) is 0. The van der Waals surface area contributed by atoms with Crippen molar-refractivity contribution in [2.75, 3.05) is 0 Å². The number of aromatic amines is 1. The number of H-pyrrole nitrogens is 1. The minimum atomic E-state index is -0.622. The highest BCUT2D eigenvalue weighted by Crippen LogP contribution is 2.39. The van der Waals surface area contributed by atoms with E-state index in [0.717, 1.165) is 16.9 Å². The van der Waals surface area contributed by atoms with Gasteiger partial charge in [0.05, 0.1) is 22.1 Å². The summed E-state index contributed by atoms with van der Waals surface area (Å²) in [5.74, 6) is 1.45. The Hall–Kier alpha value is -3.41. The van der Waals surface area contributed by atoms with Crippen molar-refractivity contribution in [3.63, 3.8) is 0 Å². The average Bonchev–Trinajstić information content (AvgIpc) is 3.41. The van der Waals surface area contributed by atoms with Crippen LogP contribution in [0.15, 0.2) is 56.7 Å². The highest BCUT2D eigenvalue weighted by atomic mass is 16.4. The van der Waals surface area contributed by atoms with Crippen molar-refractivity contribution < 1.29 is 9.52 Å². The molecule has 2 aromatic heterocycles. The van der Waals surface area contributed by atoms with Crippen LogP contribution >= 0.6 is 0 Å². The molecule has 1 aliphatic carbocycles. The maximum atomic E-state index is 12.1. The lowest BCUT2D eigenvalue weighted by atomic mass is 10.1. The molecule has 128 valence electrons. The third kappa shape index (κ3) is 2.47. The van der Waals surface area contributed by atoms with E-state index in [-0.39, 0.29) is 11.3 Å². The van der Waals surface area contributed by atoms with E-state index in [4.69, 9.17) is 4.42 Å². The molecule has 0 unspecified atom stereocenters. The number of fused-ring (bicyclic) bond motifs is 2. The lowest BCUT2D eigenvalue weighted by molar-refractivity contribution is 0.466. The minimum Gasteiger partial charge on any atom is -0.506 e. The van der Waals surface area contributed by atoms with Crippen LogP contribution in [0.1, 0.15) is 30.1 Å². The first-order valence-corrected chi connectivity index (χ1v) is 8.47. The van der Waals surface area contributed by atoms with Crippen LogP contribution in [0.2, 0.25) is 0 Å². The molecule has 4 aromatic rings. The summed E-state index contributed by atoms with van der Waals surface area (Å²) in [4.78, 5) is 24.4. The molecular formula is C20H15N3O3. The second-order valence-electron chi connectivity index (χ2n) is 6.50. The molecule has 2 heterocycles. The number of nitrogens with one attached hydrogen (secondary N) is 1. The molecular weight excluding hydrogens is 330 g/mol. The molecule has 0 amide bonds. The van der Waals surface area contributed by atoms with Crippen molar-refractivity contribution in [2.24, 2.45) is 4.99 Å². The van der Waals surface area contributed by atoms with Crippen LogP contribution in [0.3, 0.4) is 0 Å². The van der Waals surface area contributed by atoms with Gasteiger partial charge in [0.25, 0.3) is 0 Å². The number of rotatable bonds is 3. The molecule has 0 spiro atoms. The van der Waals surface area contributed by atoms with Gasteiger partial charge in [-0.1, -0.05) is 12.1 Å². The second-order valence-corrected chi connectivity index (χ2v) is 6.50. The summed E-state index contributed by atoms with van der Waals surface area (Å²) in [6.45, 7) is 0. The van der Waals surface area contributed by atoms with Crippen LogP contribution in [0.5, 0.6) is 5.75 Å². The number of nitrogens with zero attached hydrogens (tertiary/aromatic N) is 2. The summed E-state index contributed by atoms with van der Waals surface area (Å²) >= 11 is 0. The number of benzene rings is 2. The maximum Gasteiger partial charge on any atom is 0.348 e. The lowest BCUT2D eigenvalue weighted by Gasteiger charge is -2.02. The van der Waals surface area contributed by atoms with Gasteiger partial charge in [0.2, 0.25) is 0 Å². The van der Waals surface area contributed by atoms with Crippen molar-refractivity contribution in [2.45, 2.75) is 18.8 Å². The van der Waals surface area contributed by atoms with E-state index in [1.165, 1.54) is 19.1 Å². The van der Waals surface area contributed by atoms with Gasteiger partial charge in [0, 0.05) is 12.1 Å². The van der Waals surface area contributed by atoms with E-state index >= 15 is 0 Å². The molecule has 26 heavy (non-hydrogen) atoms. The second kappa shape index (κ2) is 5.56. The average molecular weight is 345 g/mol. The SMILES string of the molecule is O=c1oc2ccccc2c(O)c1C=Nc1ccc2nc(C3CC3)[nH]c2c1. The van der Waals surface area contributed by atoms with Crippen LogP contribution in [-0.2, 0) is 0 Å². The molecule has 5 rings (SSSR count). The summed E-state index contributed by atoms with van der Waals surface area (Å²) in [5, 5.41) is 10.9. The van der Waals surface area contributed by atoms with Gasteiger partial charge >= 0.3 is 5.63 Å². The summed E-state index contributed by atoms with van der Waals surface area (Å²) in [5.41, 5.74) is 2.24. The van der Waals surface area contributed by atoms with E-state index in [2.05, 4.69) is 15.0 Å². The standard InChI is InChI=1S/C20H15N3O3/c24-18-13-3-1-2-4-17(13)26-20(25)14(18)10-21-12-7-8-15-16(9-12)23-19(22-15)11-5-6-11/h1-4,7-11,24H,5-6H2,(H,22,23). The Balaban J connectivity index is 1.54. The molecule has 1 fully saturated rings.